The Kier molecular flexibility index (Phi) is 3.99. The first-order valence-electron chi connectivity index (χ1n) is 5.56. The summed E-state index contributed by atoms with van der Waals surface area (Å²) in [6.07, 6.45) is 0. The summed E-state index contributed by atoms with van der Waals surface area (Å²) in [6.45, 7) is 0. The van der Waals surface area contributed by atoms with E-state index in [9.17, 15) is 21.6 Å². The van der Waals surface area contributed by atoms with E-state index < -0.39 is 33.2 Å². The normalized spacial score (nSPS) is 11.3. The Morgan fingerprint density at radius 1 is 0.950 bits per heavy atom. The van der Waals surface area contributed by atoms with Gasteiger partial charge in [-0.05, 0) is 18.2 Å². The van der Waals surface area contributed by atoms with Crippen LogP contribution in [0.3, 0.4) is 0 Å². The smallest absolute Gasteiger partial charge is 0.237 e. The molecule has 1 N–H and O–H groups in total. The molecule has 7 heteroatoms. The van der Waals surface area contributed by atoms with Crippen molar-refractivity contribution in [2.75, 3.05) is 4.72 Å². The third-order valence-electron chi connectivity index (χ3n) is 2.50. The summed E-state index contributed by atoms with van der Waals surface area (Å²) in [7, 11) is -4.00. The molecule has 2 aromatic rings. The zero-order valence-corrected chi connectivity index (χ0v) is 10.9. The first kappa shape index (κ1) is 14.4. The van der Waals surface area contributed by atoms with Crippen LogP contribution in [-0.4, -0.2) is 8.42 Å². The van der Waals surface area contributed by atoms with Crippen LogP contribution < -0.4 is 4.72 Å². The molecule has 2 aromatic carbocycles. The highest BCUT2D eigenvalue weighted by Crippen LogP contribution is 2.18. The Bertz CT molecular complexity index is 732. The summed E-state index contributed by atoms with van der Waals surface area (Å²) < 4.78 is 65.0. The largest absolute Gasteiger partial charge is 0.280 e. The highest BCUT2D eigenvalue weighted by atomic mass is 32.2. The number of benzene rings is 2. The Balaban J connectivity index is 2.22. The van der Waals surface area contributed by atoms with Gasteiger partial charge in [-0.2, -0.15) is 0 Å². The van der Waals surface area contributed by atoms with E-state index in [1.165, 1.54) is 18.2 Å². The molecule has 0 bridgehead atoms. The lowest BCUT2D eigenvalue weighted by atomic mass is 10.2. The summed E-state index contributed by atoms with van der Waals surface area (Å²) in [4.78, 5) is 0. The van der Waals surface area contributed by atoms with Crippen LogP contribution in [0.1, 0.15) is 5.56 Å². The van der Waals surface area contributed by atoms with Crippen molar-refractivity contribution >= 4 is 15.7 Å². The maximum Gasteiger partial charge on any atom is 0.237 e. The monoisotopic (exact) mass is 301 g/mol. The van der Waals surface area contributed by atoms with Gasteiger partial charge in [-0.3, -0.25) is 4.72 Å². The predicted octanol–water partition coefficient (Wildman–Crippen LogP) is 3.05. The Labute approximate surface area is 114 Å². The fourth-order valence-corrected chi connectivity index (χ4v) is 2.81. The van der Waals surface area contributed by atoms with E-state index in [0.717, 1.165) is 18.2 Å². The van der Waals surface area contributed by atoms with Crippen LogP contribution in [-0.2, 0) is 15.8 Å². The molecule has 0 atom stereocenters. The van der Waals surface area contributed by atoms with Gasteiger partial charge in [0.15, 0.2) is 0 Å². The summed E-state index contributed by atoms with van der Waals surface area (Å²) in [5.74, 6) is -3.17. The molecule has 0 radical (unpaired) electrons. The predicted molar refractivity (Wildman–Crippen MR) is 69.0 cm³/mol. The molecule has 0 aliphatic heterocycles. The lowest BCUT2D eigenvalue weighted by molar-refractivity contribution is 0.581. The first-order chi connectivity index (χ1) is 9.37. The minimum atomic E-state index is -4.00. The van der Waals surface area contributed by atoms with Crippen LogP contribution in [0.2, 0.25) is 0 Å². The molecule has 0 saturated heterocycles. The van der Waals surface area contributed by atoms with Crippen molar-refractivity contribution in [1.29, 1.82) is 0 Å². The average molecular weight is 301 g/mol. The van der Waals surface area contributed by atoms with Crippen molar-refractivity contribution in [3.8, 4) is 0 Å². The van der Waals surface area contributed by atoms with Crippen molar-refractivity contribution < 1.29 is 21.6 Å². The highest BCUT2D eigenvalue weighted by molar-refractivity contribution is 7.91. The van der Waals surface area contributed by atoms with Gasteiger partial charge >= 0.3 is 0 Å². The summed E-state index contributed by atoms with van der Waals surface area (Å²) in [6, 6.07) is 7.80. The molecule has 20 heavy (non-hydrogen) atoms. The number of halogens is 3. The maximum absolute atomic E-state index is 13.4. The summed E-state index contributed by atoms with van der Waals surface area (Å²) in [5.41, 5.74) is -0.426. The molecule has 0 amide bonds. The van der Waals surface area contributed by atoms with E-state index in [-0.39, 0.29) is 11.3 Å². The van der Waals surface area contributed by atoms with E-state index >= 15 is 0 Å². The standard InChI is InChI=1S/C13H10F3NO2S/c14-10-5-6-13(12(16)7-10)17-20(18,19)8-9-3-1-2-4-11(9)15/h1-7,17H,8H2. The van der Waals surface area contributed by atoms with E-state index in [1.54, 1.807) is 0 Å². The Morgan fingerprint density at radius 3 is 2.30 bits per heavy atom. The first-order valence-corrected chi connectivity index (χ1v) is 7.21. The van der Waals surface area contributed by atoms with Gasteiger partial charge < -0.3 is 0 Å². The molecule has 0 aliphatic carbocycles. The van der Waals surface area contributed by atoms with E-state index in [1.807, 2.05) is 4.72 Å². The van der Waals surface area contributed by atoms with Crippen LogP contribution in [0, 0.1) is 17.5 Å². The molecule has 3 nitrogen and oxygen atoms in total. The number of sulfonamides is 1. The van der Waals surface area contributed by atoms with E-state index in [2.05, 4.69) is 0 Å². The Morgan fingerprint density at radius 2 is 1.65 bits per heavy atom. The third kappa shape index (κ3) is 3.51. The molecular weight excluding hydrogens is 291 g/mol. The summed E-state index contributed by atoms with van der Waals surface area (Å²) in [5, 5.41) is 0. The van der Waals surface area contributed by atoms with Gasteiger partial charge in [0.05, 0.1) is 11.4 Å². The number of hydrogen-bond acceptors (Lipinski definition) is 2. The highest BCUT2D eigenvalue weighted by Gasteiger charge is 2.16. The molecule has 0 fully saturated rings. The topological polar surface area (TPSA) is 46.2 Å². The van der Waals surface area contributed by atoms with Crippen molar-refractivity contribution in [3.63, 3.8) is 0 Å². The van der Waals surface area contributed by atoms with Gasteiger partial charge in [0.1, 0.15) is 17.5 Å². The van der Waals surface area contributed by atoms with Gasteiger partial charge in [0.2, 0.25) is 10.0 Å². The second kappa shape index (κ2) is 5.54. The zero-order chi connectivity index (χ0) is 14.8. The van der Waals surface area contributed by atoms with Crippen LogP contribution in [0.4, 0.5) is 18.9 Å². The zero-order valence-electron chi connectivity index (χ0n) is 10.1. The minimum absolute atomic E-state index is 0.0393. The van der Waals surface area contributed by atoms with E-state index in [4.69, 9.17) is 0 Å². The molecule has 0 spiro atoms. The molecular formula is C13H10F3NO2S. The molecule has 0 unspecified atom stereocenters. The fraction of sp³-hybridized carbons (Fsp3) is 0.0769. The van der Waals surface area contributed by atoms with Gasteiger partial charge in [0, 0.05) is 11.6 Å². The lowest BCUT2D eigenvalue weighted by Gasteiger charge is -2.09. The van der Waals surface area contributed by atoms with Gasteiger partial charge in [-0.25, -0.2) is 21.6 Å². The SMILES string of the molecule is O=S(=O)(Cc1ccccc1F)Nc1ccc(F)cc1F. The summed E-state index contributed by atoms with van der Waals surface area (Å²) >= 11 is 0. The number of nitrogens with one attached hydrogen (secondary N) is 1. The van der Waals surface area contributed by atoms with Crippen molar-refractivity contribution in [2.24, 2.45) is 0 Å². The molecule has 2 rings (SSSR count). The lowest BCUT2D eigenvalue weighted by Crippen LogP contribution is -2.16. The van der Waals surface area contributed by atoms with Crippen molar-refractivity contribution in [1.82, 2.24) is 0 Å². The molecule has 0 aromatic heterocycles. The third-order valence-corrected chi connectivity index (χ3v) is 3.72. The quantitative estimate of drug-likeness (QED) is 0.943. The van der Waals surface area contributed by atoms with Crippen LogP contribution in [0.5, 0.6) is 0 Å². The molecule has 0 aliphatic rings. The van der Waals surface area contributed by atoms with Crippen LogP contribution >= 0.6 is 0 Å². The van der Waals surface area contributed by atoms with Crippen molar-refractivity contribution in [2.45, 2.75) is 5.75 Å². The van der Waals surface area contributed by atoms with Crippen LogP contribution in [0.15, 0.2) is 42.5 Å². The molecule has 0 heterocycles. The second-order valence-electron chi connectivity index (χ2n) is 4.08. The molecule has 106 valence electrons. The van der Waals surface area contributed by atoms with Gasteiger partial charge in [0.25, 0.3) is 0 Å². The maximum atomic E-state index is 13.4. The average Bonchev–Trinajstić information content (AvgIpc) is 2.35. The fourth-order valence-electron chi connectivity index (χ4n) is 1.60. The van der Waals surface area contributed by atoms with Crippen LogP contribution in [0.25, 0.3) is 0 Å². The van der Waals surface area contributed by atoms with Gasteiger partial charge in [-0.1, -0.05) is 18.2 Å². The number of hydrogen-bond donors (Lipinski definition) is 1. The second-order valence-corrected chi connectivity index (χ2v) is 5.80. The van der Waals surface area contributed by atoms with E-state index in [0.29, 0.717) is 6.07 Å². The minimum Gasteiger partial charge on any atom is -0.280 e. The molecule has 0 saturated carbocycles. The van der Waals surface area contributed by atoms with Gasteiger partial charge in [-0.15, -0.1) is 0 Å². The number of rotatable bonds is 4. The number of anilines is 1. The van der Waals surface area contributed by atoms with Crippen molar-refractivity contribution in [3.05, 3.63) is 65.5 Å². The Hall–Kier alpha value is -2.02.